The summed E-state index contributed by atoms with van der Waals surface area (Å²) in [6.45, 7) is 0.612. The number of amides is 1. The molecule has 4 N–H and O–H groups in total. The summed E-state index contributed by atoms with van der Waals surface area (Å²) in [6.07, 6.45) is 0.362. The largest absolute Gasteiger partial charge is 1.00 e. The Bertz CT molecular complexity index is 452. The van der Waals surface area contributed by atoms with Crippen LogP contribution < -0.4 is 74.2 Å². The number of nitrogens with zero attached hydrogens (tertiary/aromatic N) is 3. The van der Waals surface area contributed by atoms with E-state index in [1.54, 1.807) is 0 Å². The van der Waals surface area contributed by atoms with Crippen LogP contribution in [0.1, 0.15) is 7.85 Å². The Hall–Kier alpha value is -0.798. The summed E-state index contributed by atoms with van der Waals surface area (Å²) in [5.41, 5.74) is 0. The van der Waals surface area contributed by atoms with E-state index in [1.807, 2.05) is 0 Å². The van der Waals surface area contributed by atoms with Crippen molar-refractivity contribution in [2.75, 3.05) is 6.54 Å². The molecular weight excluding hydrogens is 397 g/mol. The summed E-state index contributed by atoms with van der Waals surface area (Å²) in [6, 6.07) is 0. The van der Waals surface area contributed by atoms with Gasteiger partial charge < -0.3 is 32.2 Å². The third-order valence-electron chi connectivity index (χ3n) is 1.71. The molecule has 1 aromatic heterocycles. The molecule has 0 atom stereocenters. The molecular formula is C8H13CsN4O7. The molecule has 108 valence electrons. The summed E-state index contributed by atoms with van der Waals surface area (Å²) in [5, 5.41) is 34.8. The first-order valence-electron chi connectivity index (χ1n) is 4.88. The van der Waals surface area contributed by atoms with Gasteiger partial charge in [-0.25, -0.2) is 14.2 Å². The first-order chi connectivity index (χ1) is 8.84. The molecule has 0 aromatic carbocycles. The maximum Gasteiger partial charge on any atom is 1.00 e. The summed E-state index contributed by atoms with van der Waals surface area (Å²) in [7, 11) is 0. The molecule has 0 unspecified atom stereocenters. The van der Waals surface area contributed by atoms with E-state index in [0.29, 0.717) is 13.0 Å². The molecule has 11 nitrogen and oxygen atoms in total. The first kappa shape index (κ1) is 21.5. The van der Waals surface area contributed by atoms with E-state index in [0.717, 1.165) is 0 Å². The Kier molecular flexibility index (Phi) is 12.9. The van der Waals surface area contributed by atoms with E-state index in [9.17, 15) is 14.9 Å². The topological polar surface area (TPSA) is 168 Å². The fraction of sp³-hybridized carbons (Fsp3) is 0.375. The molecule has 1 rings (SSSR count). The van der Waals surface area contributed by atoms with Crippen molar-refractivity contribution in [3.63, 3.8) is 0 Å². The molecule has 1 amide bonds. The molecule has 12 heteroatoms. The van der Waals surface area contributed by atoms with Crippen LogP contribution in [0.3, 0.4) is 0 Å². The van der Waals surface area contributed by atoms with Crippen molar-refractivity contribution in [1.29, 1.82) is 0 Å². The van der Waals surface area contributed by atoms with Gasteiger partial charge in [0.25, 0.3) is 0 Å². The molecule has 0 saturated carbocycles. The zero-order valence-electron chi connectivity index (χ0n) is 11.6. The minimum Gasteiger partial charge on any atom is -1.00 e. The van der Waals surface area contributed by atoms with Gasteiger partial charge in [0.1, 0.15) is 12.4 Å². The number of aromatic nitrogens is 2. The Morgan fingerprint density at radius 1 is 1.45 bits per heavy atom. The maximum absolute atomic E-state index is 10.4. The second kappa shape index (κ2) is 12.0. The van der Waals surface area contributed by atoms with Crippen molar-refractivity contribution in [2.45, 2.75) is 13.0 Å². The minimum absolute atomic E-state index is 0. The zero-order chi connectivity index (χ0) is 14.8. The van der Waals surface area contributed by atoms with Gasteiger partial charge in [0.2, 0.25) is 0 Å². The summed E-state index contributed by atoms with van der Waals surface area (Å²) in [5.74, 6) is -0.231. The van der Waals surface area contributed by atoms with Gasteiger partial charge in [-0.2, -0.15) is 0 Å². The Balaban J connectivity index is -0.000000482. The van der Waals surface area contributed by atoms with Gasteiger partial charge in [0, 0.05) is 6.54 Å². The molecule has 0 aliphatic heterocycles. The van der Waals surface area contributed by atoms with Crippen LogP contribution in [-0.4, -0.2) is 48.6 Å². The van der Waals surface area contributed by atoms with Crippen LogP contribution in [0.15, 0.2) is 12.4 Å². The van der Waals surface area contributed by atoms with Crippen molar-refractivity contribution in [3.8, 4) is 0 Å². The van der Waals surface area contributed by atoms with Gasteiger partial charge >= 0.3 is 87.1 Å². The smallest absolute Gasteiger partial charge is 1.00 e. The number of hydrogen-bond acceptors (Lipinski definition) is 5. The SMILES string of the molecule is O=C(O)NCCCn1ccnc1[N+](=O)[O-].O=C(O)O.[Cs+].[H-]. The monoisotopic (exact) mass is 410 g/mol. The van der Waals surface area contributed by atoms with Crippen molar-refractivity contribution in [2.24, 2.45) is 0 Å². The molecule has 0 bridgehead atoms. The number of imidazole rings is 1. The average molecular weight is 410 g/mol. The predicted molar refractivity (Wildman–Crippen MR) is 61.3 cm³/mol. The van der Waals surface area contributed by atoms with Crippen LogP contribution in [0.4, 0.5) is 15.5 Å². The fourth-order valence-electron chi connectivity index (χ4n) is 1.09. The van der Waals surface area contributed by atoms with Crippen LogP contribution in [-0.2, 0) is 6.54 Å². The third-order valence-corrected chi connectivity index (χ3v) is 1.71. The third kappa shape index (κ3) is 11.1. The number of aryl methyl sites for hydroxylation is 1. The van der Waals surface area contributed by atoms with E-state index >= 15 is 0 Å². The van der Waals surface area contributed by atoms with Gasteiger partial charge in [-0.05, 0) is 11.3 Å². The van der Waals surface area contributed by atoms with Crippen LogP contribution in [0.2, 0.25) is 0 Å². The molecule has 0 saturated heterocycles. The van der Waals surface area contributed by atoms with Gasteiger partial charge in [-0.3, -0.25) is 0 Å². The first-order valence-corrected chi connectivity index (χ1v) is 4.88. The Morgan fingerprint density at radius 2 is 2.00 bits per heavy atom. The Morgan fingerprint density at radius 3 is 2.45 bits per heavy atom. The summed E-state index contributed by atoms with van der Waals surface area (Å²) in [4.78, 5) is 32.1. The second-order valence-corrected chi connectivity index (χ2v) is 3.05. The standard InChI is InChI=1S/C7H10N4O4.CH2O3.Cs.H/c12-7(13)9-2-1-4-10-5-3-8-6(10)11(14)15;2-1(3)4;;/h3,5,9H,1-2,4H2,(H,12,13);(H2,2,3,4);;/q;;+1;-1. The quantitative estimate of drug-likeness (QED) is 0.241. The molecule has 0 aliphatic carbocycles. The normalized spacial score (nSPS) is 8.60. The van der Waals surface area contributed by atoms with Gasteiger partial charge in [-0.1, -0.05) is 4.98 Å². The second-order valence-electron chi connectivity index (χ2n) is 3.05. The average Bonchev–Trinajstić information content (AvgIpc) is 2.71. The zero-order valence-corrected chi connectivity index (χ0v) is 16.9. The number of carbonyl (C=O) groups is 2. The van der Waals surface area contributed by atoms with E-state index in [-0.39, 0.29) is 82.8 Å². The van der Waals surface area contributed by atoms with Crippen LogP contribution in [0.25, 0.3) is 0 Å². The van der Waals surface area contributed by atoms with Gasteiger partial charge in [-0.15, -0.1) is 0 Å². The van der Waals surface area contributed by atoms with E-state index in [1.165, 1.54) is 17.0 Å². The molecule has 1 aromatic rings. The molecule has 1 heterocycles. The molecule has 0 fully saturated rings. The van der Waals surface area contributed by atoms with Crippen LogP contribution in [0.5, 0.6) is 0 Å². The number of nitro groups is 1. The predicted octanol–water partition coefficient (Wildman–Crippen LogP) is -2.21. The number of carboxylic acid groups (broad SMARTS) is 3. The van der Waals surface area contributed by atoms with E-state index in [4.69, 9.17) is 20.1 Å². The van der Waals surface area contributed by atoms with Crippen LogP contribution in [0, 0.1) is 10.1 Å². The Labute approximate surface area is 173 Å². The van der Waals surface area contributed by atoms with Crippen molar-refractivity contribution >= 4 is 18.2 Å². The van der Waals surface area contributed by atoms with E-state index in [2.05, 4.69) is 10.3 Å². The molecule has 0 aliphatic rings. The number of nitrogens with one attached hydrogen (secondary N) is 1. The van der Waals surface area contributed by atoms with E-state index < -0.39 is 17.2 Å². The van der Waals surface area contributed by atoms with Crippen molar-refractivity contribution in [1.82, 2.24) is 14.9 Å². The number of rotatable bonds is 5. The minimum atomic E-state index is -1.83. The molecule has 0 radical (unpaired) electrons. The fourth-order valence-corrected chi connectivity index (χ4v) is 1.09. The van der Waals surface area contributed by atoms with Crippen LogP contribution >= 0.6 is 0 Å². The number of hydrogen-bond donors (Lipinski definition) is 4. The van der Waals surface area contributed by atoms with Gasteiger partial charge in [0.15, 0.2) is 0 Å². The van der Waals surface area contributed by atoms with Crippen molar-refractivity contribution < 1.29 is 100 Å². The summed E-state index contributed by atoms with van der Waals surface area (Å²) < 4.78 is 1.36. The maximum atomic E-state index is 10.4. The molecule has 0 spiro atoms. The molecule has 20 heavy (non-hydrogen) atoms. The summed E-state index contributed by atoms with van der Waals surface area (Å²) >= 11 is 0. The van der Waals surface area contributed by atoms with Gasteiger partial charge in [0.05, 0.1) is 6.54 Å². The van der Waals surface area contributed by atoms with Crippen molar-refractivity contribution in [3.05, 3.63) is 22.5 Å².